The number of hydrogen-bond donors (Lipinski definition) is 7. The maximum atomic E-state index is 13.5. The van der Waals surface area contributed by atoms with Gasteiger partial charge in [-0.1, -0.05) is 0 Å². The summed E-state index contributed by atoms with van der Waals surface area (Å²) in [6.07, 6.45) is -6.98. The van der Waals surface area contributed by atoms with Crippen molar-refractivity contribution in [3.8, 4) is 0 Å². The zero-order valence-corrected chi connectivity index (χ0v) is 21.7. The number of aromatic nitrogens is 4. The van der Waals surface area contributed by atoms with Crippen molar-refractivity contribution in [2.75, 3.05) is 12.3 Å². The van der Waals surface area contributed by atoms with E-state index >= 15 is 0 Å². The van der Waals surface area contributed by atoms with Crippen molar-refractivity contribution in [1.29, 1.82) is 0 Å². The van der Waals surface area contributed by atoms with Gasteiger partial charge < -0.3 is 73.9 Å². The highest BCUT2D eigenvalue weighted by Crippen LogP contribution is 2.60. The van der Waals surface area contributed by atoms with Crippen molar-refractivity contribution in [2.24, 2.45) is 0 Å². The summed E-state index contributed by atoms with van der Waals surface area (Å²) >= 11 is 0. The lowest BCUT2D eigenvalue weighted by Gasteiger charge is -2.37. The number of rotatable bonds is 8. The van der Waals surface area contributed by atoms with E-state index in [1.165, 1.54) is 0 Å². The molecule has 3 heterocycles. The summed E-state index contributed by atoms with van der Waals surface area (Å²) < 4.78 is 63.3. The maximum absolute atomic E-state index is 13.5. The molecule has 0 amide bonds. The van der Waals surface area contributed by atoms with Crippen LogP contribution in [-0.2, 0) is 31.6 Å². The second-order valence-electron chi connectivity index (χ2n) is 6.05. The van der Waals surface area contributed by atoms with E-state index in [1.807, 2.05) is 0 Å². The van der Waals surface area contributed by atoms with Gasteiger partial charge in [0.1, 0.15) is 18.3 Å². The summed E-state index contributed by atoms with van der Waals surface area (Å²) in [6, 6.07) is 0. The van der Waals surface area contributed by atoms with Gasteiger partial charge in [0.15, 0.2) is 23.2 Å². The molecule has 0 saturated carbocycles. The number of nitrogens with two attached hydrogens (primary N) is 1. The minimum absolute atomic E-state index is 0. The Morgan fingerprint density at radius 2 is 1.61 bits per heavy atom. The van der Waals surface area contributed by atoms with Gasteiger partial charge in [-0.3, -0.25) is 18.0 Å². The SMILES string of the molecule is Nc1nc(F)nc2c1ncn2[C@@H]1O[C@H](COP(=O)([O-])OP(=O)([O-])OP(=O)([O-])[O-])[C@@H](O)[C@@H]1O.[NH4+].[NH4+].[NH4+].[NH4+]. The number of ether oxygens (including phenoxy) is 1. The number of phosphoric acid groups is 3. The summed E-state index contributed by atoms with van der Waals surface area (Å²) in [5, 5.41) is 20.3. The summed E-state index contributed by atoms with van der Waals surface area (Å²) in [6.45, 7) is -1.15. The number of quaternary nitrogens is 4. The molecule has 1 saturated heterocycles. The van der Waals surface area contributed by atoms with E-state index < -0.39 is 60.7 Å². The predicted molar refractivity (Wildman–Crippen MR) is 110 cm³/mol. The highest BCUT2D eigenvalue weighted by Gasteiger charge is 2.45. The third kappa shape index (κ3) is 8.48. The third-order valence-electron chi connectivity index (χ3n) is 3.83. The molecule has 0 spiro atoms. The summed E-state index contributed by atoms with van der Waals surface area (Å²) in [5.41, 5.74) is 5.19. The van der Waals surface area contributed by atoms with E-state index in [0.717, 1.165) is 10.9 Å². The van der Waals surface area contributed by atoms with Crippen molar-refractivity contribution >= 4 is 40.4 Å². The molecule has 1 aliphatic rings. The van der Waals surface area contributed by atoms with Gasteiger partial charge in [0.25, 0.3) is 15.6 Å². The highest BCUT2D eigenvalue weighted by atomic mass is 31.3. The van der Waals surface area contributed by atoms with Crippen molar-refractivity contribution in [1.82, 2.24) is 44.1 Å². The van der Waals surface area contributed by atoms with E-state index in [4.69, 9.17) is 10.5 Å². The number of anilines is 1. The first-order chi connectivity index (χ1) is 14.6. The largest absolute Gasteiger partial charge is 0.790 e. The van der Waals surface area contributed by atoms with Gasteiger partial charge in [-0.05, 0) is 0 Å². The Kier molecular flexibility index (Phi) is 13.0. The standard InChI is InChI=1S/C10H15FN5O13P3.4H3N/c11-10-14-7(12)4-8(15-10)16(2-13-4)9-6(18)5(17)3(27-9)1-26-31(22,23)29-32(24,25)28-30(19,20)21;;;;/h2-3,5-6,9,17-18H,1H2,(H,22,23)(H,24,25)(H2,12,14,15)(H2,19,20,21);4*1H3/t3-,5-,6+,9-;;;;/m1..../s1. The van der Waals surface area contributed by atoms with Crippen LogP contribution in [0.3, 0.4) is 0 Å². The molecular formula is C10H27FN9O13P3. The summed E-state index contributed by atoms with van der Waals surface area (Å²) in [4.78, 5) is 53.8. The number of aliphatic hydroxyl groups is 2. The first-order valence-corrected chi connectivity index (χ1v) is 12.4. The van der Waals surface area contributed by atoms with E-state index in [9.17, 15) is 47.9 Å². The Balaban J connectivity index is 0. The van der Waals surface area contributed by atoms with Crippen LogP contribution in [0.25, 0.3) is 11.2 Å². The fourth-order valence-corrected chi connectivity index (χ4v) is 5.51. The lowest BCUT2D eigenvalue weighted by molar-refractivity contribution is -0.339. The number of hydrogen-bond acceptors (Lipinski definition) is 17. The zero-order chi connectivity index (χ0) is 24.1. The topological polar surface area (TPSA) is 436 Å². The number of imidazole rings is 1. The zero-order valence-electron chi connectivity index (χ0n) is 19.1. The van der Waals surface area contributed by atoms with Crippen LogP contribution < -0.4 is 49.9 Å². The van der Waals surface area contributed by atoms with Crippen LogP contribution in [0.2, 0.25) is 0 Å². The van der Waals surface area contributed by atoms with Crippen LogP contribution in [0.4, 0.5) is 10.2 Å². The number of nitrogen functional groups attached to an aromatic ring is 1. The Morgan fingerprint density at radius 1 is 1.03 bits per heavy atom. The fourth-order valence-electron chi connectivity index (χ4n) is 2.64. The molecule has 26 heteroatoms. The number of halogens is 1. The lowest BCUT2D eigenvalue weighted by Crippen LogP contribution is -2.34. The Bertz CT molecular complexity index is 1170. The lowest BCUT2D eigenvalue weighted by atomic mass is 10.1. The molecule has 2 aromatic heterocycles. The highest BCUT2D eigenvalue weighted by molar-refractivity contribution is 7.64. The second-order valence-corrected chi connectivity index (χ2v) is 10.3. The van der Waals surface area contributed by atoms with E-state index in [1.54, 1.807) is 0 Å². The normalized spacial score (nSPS) is 24.9. The molecule has 3 rings (SSSR count). The van der Waals surface area contributed by atoms with Gasteiger partial charge in [0.2, 0.25) is 0 Å². The number of nitrogens with zero attached hydrogens (tertiary/aromatic N) is 4. The van der Waals surface area contributed by atoms with Gasteiger partial charge in [-0.15, -0.1) is 0 Å². The van der Waals surface area contributed by atoms with Crippen LogP contribution >= 0.6 is 23.5 Å². The number of fused-ring (bicyclic) bond motifs is 1. The quantitative estimate of drug-likeness (QED) is 0.123. The van der Waals surface area contributed by atoms with Crippen molar-refractivity contribution in [3.05, 3.63) is 12.4 Å². The predicted octanol–water partition coefficient (Wildman–Crippen LogP) is -2.51. The summed E-state index contributed by atoms with van der Waals surface area (Å²) in [7, 11) is -18.2. The van der Waals surface area contributed by atoms with Crippen LogP contribution in [0.15, 0.2) is 6.33 Å². The molecule has 2 unspecified atom stereocenters. The average Bonchev–Trinajstić information content (AvgIpc) is 3.12. The van der Waals surface area contributed by atoms with E-state index in [0.29, 0.717) is 0 Å². The Hall–Kier alpha value is -1.59. The molecule has 6 atom stereocenters. The van der Waals surface area contributed by atoms with Crippen LogP contribution in [0.1, 0.15) is 6.23 Å². The molecule has 0 bridgehead atoms. The first-order valence-electron chi connectivity index (χ1n) is 7.97. The minimum Gasteiger partial charge on any atom is -0.790 e. The van der Waals surface area contributed by atoms with Crippen LogP contribution in [0, 0.1) is 6.08 Å². The molecule has 2 aromatic rings. The van der Waals surface area contributed by atoms with Crippen molar-refractivity contribution in [3.63, 3.8) is 0 Å². The van der Waals surface area contributed by atoms with E-state index in [-0.39, 0.29) is 41.6 Å². The maximum Gasteiger partial charge on any atom is 0.312 e. The Morgan fingerprint density at radius 3 is 2.17 bits per heavy atom. The second kappa shape index (κ2) is 12.8. The van der Waals surface area contributed by atoms with Gasteiger partial charge >= 0.3 is 6.08 Å². The smallest absolute Gasteiger partial charge is 0.312 e. The third-order valence-corrected chi connectivity index (χ3v) is 7.49. The van der Waals surface area contributed by atoms with Crippen LogP contribution in [0.5, 0.6) is 0 Å². The number of aliphatic hydroxyl groups excluding tert-OH is 2. The van der Waals surface area contributed by atoms with Gasteiger partial charge in [-0.2, -0.15) is 14.4 Å². The molecule has 212 valence electrons. The molecule has 20 N–H and O–H groups in total. The van der Waals surface area contributed by atoms with Crippen molar-refractivity contribution < 1.29 is 65.8 Å². The van der Waals surface area contributed by atoms with Crippen LogP contribution in [-0.4, -0.2) is 54.7 Å². The average molecular weight is 593 g/mol. The fraction of sp³-hybridized carbons (Fsp3) is 0.500. The van der Waals surface area contributed by atoms with E-state index in [2.05, 4.69) is 28.1 Å². The van der Waals surface area contributed by atoms with Gasteiger partial charge in [0, 0.05) is 0 Å². The minimum atomic E-state index is -6.18. The molecular weight excluding hydrogens is 566 g/mol. The summed E-state index contributed by atoms with van der Waals surface area (Å²) in [5.74, 6) is -0.339. The Labute approximate surface area is 200 Å². The van der Waals surface area contributed by atoms with Gasteiger partial charge in [0.05, 0.1) is 20.8 Å². The first kappa shape index (κ1) is 36.6. The molecule has 1 fully saturated rings. The molecule has 22 nitrogen and oxygen atoms in total. The molecule has 36 heavy (non-hydrogen) atoms. The molecule has 0 aromatic carbocycles. The molecule has 0 radical (unpaired) electrons. The monoisotopic (exact) mass is 593 g/mol. The van der Waals surface area contributed by atoms with Gasteiger partial charge in [-0.25, -0.2) is 9.29 Å². The van der Waals surface area contributed by atoms with Crippen molar-refractivity contribution in [2.45, 2.75) is 24.5 Å². The number of phosphoric ester groups is 1. The molecule has 1 aliphatic heterocycles. The molecule has 0 aliphatic carbocycles.